The summed E-state index contributed by atoms with van der Waals surface area (Å²) in [7, 11) is 0. The SMILES string of the molecule is O=C(C(F)C1CNC1)N1CC[C@@H](O)C1. The van der Waals surface area contributed by atoms with Gasteiger partial charge >= 0.3 is 0 Å². The minimum absolute atomic E-state index is 0.166. The molecule has 14 heavy (non-hydrogen) atoms. The molecule has 0 aromatic rings. The molecular formula is C9H15FN2O2. The van der Waals surface area contributed by atoms with E-state index in [2.05, 4.69) is 5.32 Å². The smallest absolute Gasteiger partial charge is 0.257 e. The van der Waals surface area contributed by atoms with E-state index in [0.29, 0.717) is 32.6 Å². The van der Waals surface area contributed by atoms with Crippen LogP contribution in [0.15, 0.2) is 0 Å². The van der Waals surface area contributed by atoms with Crippen LogP contribution in [0, 0.1) is 5.92 Å². The normalized spacial score (nSPS) is 30.1. The lowest BCUT2D eigenvalue weighted by Crippen LogP contribution is -2.52. The van der Waals surface area contributed by atoms with E-state index in [1.807, 2.05) is 0 Å². The maximum absolute atomic E-state index is 13.5. The third kappa shape index (κ3) is 1.74. The number of hydrogen-bond donors (Lipinski definition) is 2. The van der Waals surface area contributed by atoms with Gasteiger partial charge in [0.25, 0.3) is 5.91 Å². The van der Waals surface area contributed by atoms with Gasteiger partial charge in [-0.2, -0.15) is 0 Å². The van der Waals surface area contributed by atoms with Crippen molar-refractivity contribution in [3.05, 3.63) is 0 Å². The average molecular weight is 202 g/mol. The van der Waals surface area contributed by atoms with E-state index in [1.165, 1.54) is 4.90 Å². The number of nitrogens with one attached hydrogen (secondary N) is 1. The standard InChI is InChI=1S/C9H15FN2O2/c10-8(6-3-11-4-6)9(14)12-2-1-7(13)5-12/h6-8,11,13H,1-5H2/t7-,8?/m1/s1. The van der Waals surface area contributed by atoms with Crippen molar-refractivity contribution in [3.63, 3.8) is 0 Å². The summed E-state index contributed by atoms with van der Waals surface area (Å²) in [5.74, 6) is -0.617. The zero-order valence-corrected chi connectivity index (χ0v) is 7.95. The fourth-order valence-electron chi connectivity index (χ4n) is 1.84. The number of carbonyl (C=O) groups is 1. The number of halogens is 1. The summed E-state index contributed by atoms with van der Waals surface area (Å²) in [5, 5.41) is 12.1. The molecule has 0 aliphatic carbocycles. The van der Waals surface area contributed by atoms with E-state index in [1.54, 1.807) is 0 Å². The first-order valence-corrected chi connectivity index (χ1v) is 5.00. The van der Waals surface area contributed by atoms with Gasteiger partial charge in [0, 0.05) is 32.1 Å². The highest BCUT2D eigenvalue weighted by molar-refractivity contribution is 5.81. The minimum atomic E-state index is -1.39. The van der Waals surface area contributed by atoms with Gasteiger partial charge in [0.15, 0.2) is 6.17 Å². The molecule has 0 aromatic heterocycles. The number of β-amino-alcohol motifs (C(OH)–C–C–N with tert-alkyl or cyclic N) is 1. The van der Waals surface area contributed by atoms with Crippen molar-refractivity contribution in [2.45, 2.75) is 18.7 Å². The molecule has 2 atom stereocenters. The lowest BCUT2D eigenvalue weighted by atomic mass is 9.97. The molecule has 2 rings (SSSR count). The summed E-state index contributed by atoms with van der Waals surface area (Å²) in [6, 6.07) is 0. The maximum atomic E-state index is 13.5. The number of aliphatic hydroxyl groups is 1. The number of likely N-dealkylation sites (tertiary alicyclic amines) is 1. The third-order valence-electron chi connectivity index (χ3n) is 2.94. The molecule has 2 aliphatic heterocycles. The molecule has 80 valence electrons. The second kappa shape index (κ2) is 3.82. The van der Waals surface area contributed by atoms with Crippen LogP contribution in [0.4, 0.5) is 4.39 Å². The van der Waals surface area contributed by atoms with Gasteiger partial charge in [-0.05, 0) is 6.42 Å². The maximum Gasteiger partial charge on any atom is 0.257 e. The van der Waals surface area contributed by atoms with Gasteiger partial charge in [-0.3, -0.25) is 4.79 Å². The van der Waals surface area contributed by atoms with E-state index >= 15 is 0 Å². The molecular weight excluding hydrogens is 187 g/mol. The molecule has 1 amide bonds. The zero-order valence-electron chi connectivity index (χ0n) is 7.95. The molecule has 4 nitrogen and oxygen atoms in total. The van der Waals surface area contributed by atoms with E-state index in [0.717, 1.165) is 0 Å². The molecule has 0 saturated carbocycles. The number of alkyl halides is 1. The van der Waals surface area contributed by atoms with Crippen LogP contribution in [-0.4, -0.2) is 54.4 Å². The lowest BCUT2D eigenvalue weighted by molar-refractivity contribution is -0.138. The Morgan fingerprint density at radius 2 is 2.29 bits per heavy atom. The summed E-state index contributed by atoms with van der Waals surface area (Å²) >= 11 is 0. The van der Waals surface area contributed by atoms with Gasteiger partial charge in [-0.15, -0.1) is 0 Å². The molecule has 2 heterocycles. The minimum Gasteiger partial charge on any atom is -0.391 e. The first-order valence-electron chi connectivity index (χ1n) is 5.00. The van der Waals surface area contributed by atoms with Crippen LogP contribution < -0.4 is 5.32 Å². The van der Waals surface area contributed by atoms with E-state index in [9.17, 15) is 14.3 Å². The summed E-state index contributed by atoms with van der Waals surface area (Å²) in [5.41, 5.74) is 0. The Kier molecular flexibility index (Phi) is 2.69. The zero-order chi connectivity index (χ0) is 10.1. The molecule has 1 unspecified atom stereocenters. The van der Waals surface area contributed by atoms with Crippen molar-refractivity contribution in [2.75, 3.05) is 26.2 Å². The summed E-state index contributed by atoms with van der Waals surface area (Å²) < 4.78 is 13.5. The third-order valence-corrected chi connectivity index (χ3v) is 2.94. The molecule has 0 bridgehead atoms. The second-order valence-corrected chi connectivity index (χ2v) is 4.05. The first kappa shape index (κ1) is 9.86. The van der Waals surface area contributed by atoms with Gasteiger partial charge in [-0.25, -0.2) is 4.39 Å². The molecule has 5 heteroatoms. The highest BCUT2D eigenvalue weighted by Crippen LogP contribution is 2.18. The van der Waals surface area contributed by atoms with Crippen molar-refractivity contribution >= 4 is 5.91 Å². The van der Waals surface area contributed by atoms with Crippen LogP contribution >= 0.6 is 0 Å². The largest absolute Gasteiger partial charge is 0.391 e. The van der Waals surface area contributed by atoms with Crippen molar-refractivity contribution in [3.8, 4) is 0 Å². The Morgan fingerprint density at radius 1 is 1.57 bits per heavy atom. The average Bonchev–Trinajstić information content (AvgIpc) is 2.47. The highest BCUT2D eigenvalue weighted by atomic mass is 19.1. The molecule has 2 aliphatic rings. The van der Waals surface area contributed by atoms with Crippen LogP contribution in [0.3, 0.4) is 0 Å². The van der Waals surface area contributed by atoms with Gasteiger partial charge in [0.2, 0.25) is 0 Å². The molecule has 0 radical (unpaired) electrons. The number of nitrogens with zero attached hydrogens (tertiary/aromatic N) is 1. The Bertz CT molecular complexity index is 229. The second-order valence-electron chi connectivity index (χ2n) is 4.05. The predicted molar refractivity (Wildman–Crippen MR) is 48.5 cm³/mol. The fourth-order valence-corrected chi connectivity index (χ4v) is 1.84. The van der Waals surface area contributed by atoms with Crippen LogP contribution in [-0.2, 0) is 4.79 Å². The predicted octanol–water partition coefficient (Wildman–Crippen LogP) is -0.863. The molecule has 2 saturated heterocycles. The van der Waals surface area contributed by atoms with Crippen LogP contribution in [0.2, 0.25) is 0 Å². The summed E-state index contributed by atoms with van der Waals surface area (Å²) in [6.45, 7) is 1.95. The number of carbonyl (C=O) groups excluding carboxylic acids is 1. The monoisotopic (exact) mass is 202 g/mol. The number of rotatable bonds is 2. The molecule has 0 aromatic carbocycles. The molecule has 2 N–H and O–H groups in total. The van der Waals surface area contributed by atoms with Crippen LogP contribution in [0.5, 0.6) is 0 Å². The number of aliphatic hydroxyl groups excluding tert-OH is 1. The molecule has 0 spiro atoms. The van der Waals surface area contributed by atoms with Crippen molar-refractivity contribution in [1.82, 2.24) is 10.2 Å². The quantitative estimate of drug-likeness (QED) is 0.612. The van der Waals surface area contributed by atoms with E-state index in [-0.39, 0.29) is 5.92 Å². The molecule has 2 fully saturated rings. The Labute approximate surface area is 82.1 Å². The fraction of sp³-hybridized carbons (Fsp3) is 0.889. The summed E-state index contributed by atoms with van der Waals surface area (Å²) in [6.07, 6.45) is -1.28. The topological polar surface area (TPSA) is 52.6 Å². The summed E-state index contributed by atoms with van der Waals surface area (Å²) in [4.78, 5) is 13.0. The Hall–Kier alpha value is -0.680. The van der Waals surface area contributed by atoms with E-state index < -0.39 is 18.2 Å². The van der Waals surface area contributed by atoms with Gasteiger partial charge in [0.1, 0.15) is 0 Å². The van der Waals surface area contributed by atoms with Crippen LogP contribution in [0.1, 0.15) is 6.42 Å². The lowest BCUT2D eigenvalue weighted by Gasteiger charge is -2.31. The van der Waals surface area contributed by atoms with Crippen molar-refractivity contribution in [2.24, 2.45) is 5.92 Å². The Morgan fingerprint density at radius 3 is 2.71 bits per heavy atom. The number of hydrogen-bond acceptors (Lipinski definition) is 3. The van der Waals surface area contributed by atoms with Crippen molar-refractivity contribution in [1.29, 1.82) is 0 Å². The van der Waals surface area contributed by atoms with Gasteiger partial charge < -0.3 is 15.3 Å². The number of amides is 1. The van der Waals surface area contributed by atoms with Gasteiger partial charge in [-0.1, -0.05) is 0 Å². The highest BCUT2D eigenvalue weighted by Gasteiger charge is 2.37. The Balaban J connectivity index is 1.87. The van der Waals surface area contributed by atoms with Crippen molar-refractivity contribution < 1.29 is 14.3 Å². The first-order chi connectivity index (χ1) is 6.68. The van der Waals surface area contributed by atoms with E-state index in [4.69, 9.17) is 0 Å². The van der Waals surface area contributed by atoms with Crippen LogP contribution in [0.25, 0.3) is 0 Å². The van der Waals surface area contributed by atoms with Gasteiger partial charge in [0.05, 0.1) is 6.10 Å².